The summed E-state index contributed by atoms with van der Waals surface area (Å²) in [5.74, 6) is 2.12. The molecule has 0 spiro atoms. The topological polar surface area (TPSA) is 62.2 Å². The molecule has 6 unspecified atom stereocenters. The summed E-state index contributed by atoms with van der Waals surface area (Å²) in [7, 11) is 1.59. The zero-order valence-corrected chi connectivity index (χ0v) is 18.1. The van der Waals surface area contributed by atoms with Gasteiger partial charge in [-0.25, -0.2) is 0 Å². The van der Waals surface area contributed by atoms with Gasteiger partial charge in [0, 0.05) is 7.11 Å². The van der Waals surface area contributed by atoms with Crippen molar-refractivity contribution in [1.82, 2.24) is 0 Å². The Balaban J connectivity index is 2.29. The van der Waals surface area contributed by atoms with E-state index in [0.717, 1.165) is 17.9 Å². The van der Waals surface area contributed by atoms with E-state index in [4.69, 9.17) is 9.47 Å². The van der Waals surface area contributed by atoms with Crippen LogP contribution >= 0.6 is 0 Å². The Labute approximate surface area is 167 Å². The van der Waals surface area contributed by atoms with Gasteiger partial charge in [-0.15, -0.1) is 0 Å². The molecule has 0 amide bonds. The predicted molar refractivity (Wildman–Crippen MR) is 114 cm³/mol. The molecule has 1 saturated carbocycles. The van der Waals surface area contributed by atoms with Crippen molar-refractivity contribution in [2.24, 2.45) is 5.92 Å². The van der Waals surface area contributed by atoms with Gasteiger partial charge in [0.25, 0.3) is 0 Å². The Morgan fingerprint density at radius 2 is 1.93 bits per heavy atom. The van der Waals surface area contributed by atoms with E-state index in [1.54, 1.807) is 7.11 Å². The molecule has 0 aromatic carbocycles. The molecule has 1 heterocycles. The minimum atomic E-state index is -0.927. The average molecular weight is 398 g/mol. The van der Waals surface area contributed by atoms with E-state index in [9.17, 15) is 10.2 Å². The van der Waals surface area contributed by atoms with Gasteiger partial charge in [0.05, 0.1) is 24.2 Å². The largest absolute Gasteiger partial charge is 0.390 e. The summed E-state index contributed by atoms with van der Waals surface area (Å²) in [4.78, 5) is 0. The maximum absolute atomic E-state index is 11.8. The van der Waals surface area contributed by atoms with Crippen LogP contribution in [0, 0.1) is 5.92 Å². The van der Waals surface area contributed by atoms with E-state index in [1.165, 1.54) is 5.57 Å². The van der Waals surface area contributed by atoms with Crippen molar-refractivity contribution in [3.8, 4) is 0 Å². The number of rotatable bonds is 10. The molecule has 6 atom stereocenters. The Bertz CT molecular complexity index is 549. The maximum atomic E-state index is 11.8. The molecule has 27 heavy (non-hydrogen) atoms. The predicted octanol–water partition coefficient (Wildman–Crippen LogP) is 3.01. The molecule has 0 aromatic rings. The number of hydrogen-bond acceptors (Lipinski definition) is 4. The van der Waals surface area contributed by atoms with Gasteiger partial charge < -0.3 is 19.7 Å². The van der Waals surface area contributed by atoms with Gasteiger partial charge in [-0.3, -0.25) is 0 Å². The highest BCUT2D eigenvalue weighted by Crippen LogP contribution is 2.54. The zero-order valence-electron chi connectivity index (χ0n) is 17.3. The minimum absolute atomic E-state index is 0.0304. The molecule has 2 rings (SSSR count). The van der Waals surface area contributed by atoms with Crippen LogP contribution in [0.1, 0.15) is 40.0 Å². The Morgan fingerprint density at radius 1 is 1.30 bits per heavy atom. The van der Waals surface area contributed by atoms with Crippen molar-refractivity contribution in [2.75, 3.05) is 24.4 Å². The van der Waals surface area contributed by atoms with E-state index in [2.05, 4.69) is 40.0 Å². The standard InChI is InChI=1S/C22H37O4S/c1-7-13-27(14-8-2)15-22(24)12-11-17(23)19(25-6)20(22)21(5)18(26-21)10-9-16(3)4/h7-9,17-20,23-24H,1-2,10-15H2,3-6H3/q+1. The molecule has 154 valence electrons. The van der Waals surface area contributed by atoms with Crippen molar-refractivity contribution in [3.05, 3.63) is 37.0 Å². The van der Waals surface area contributed by atoms with Gasteiger partial charge in [-0.1, -0.05) is 24.8 Å². The van der Waals surface area contributed by atoms with Crippen LogP contribution in [-0.2, 0) is 20.4 Å². The lowest BCUT2D eigenvalue weighted by Crippen LogP contribution is -2.62. The van der Waals surface area contributed by atoms with E-state index >= 15 is 0 Å². The van der Waals surface area contributed by atoms with Crippen LogP contribution in [0.2, 0.25) is 0 Å². The normalized spacial score (nSPS) is 38.5. The summed E-state index contributed by atoms with van der Waals surface area (Å²) < 4.78 is 11.8. The van der Waals surface area contributed by atoms with Crippen molar-refractivity contribution in [2.45, 2.75) is 69.5 Å². The molecule has 0 bridgehead atoms. The van der Waals surface area contributed by atoms with Gasteiger partial charge in [0.1, 0.15) is 28.5 Å². The maximum Gasteiger partial charge on any atom is 0.137 e. The van der Waals surface area contributed by atoms with Crippen molar-refractivity contribution >= 4 is 10.9 Å². The number of ether oxygens (including phenoxy) is 2. The van der Waals surface area contributed by atoms with E-state index in [1.807, 2.05) is 12.2 Å². The summed E-state index contributed by atoms with van der Waals surface area (Å²) in [6.07, 6.45) is 6.98. The fraction of sp³-hybridized carbons (Fsp3) is 0.727. The summed E-state index contributed by atoms with van der Waals surface area (Å²) in [6, 6.07) is 0. The Morgan fingerprint density at radius 3 is 2.44 bits per heavy atom. The zero-order chi connectivity index (χ0) is 20.2. The fourth-order valence-electron chi connectivity index (χ4n) is 4.60. The highest BCUT2D eigenvalue weighted by molar-refractivity contribution is 7.97. The first-order valence-corrected chi connectivity index (χ1v) is 11.5. The molecule has 1 saturated heterocycles. The van der Waals surface area contributed by atoms with Crippen LogP contribution in [0.3, 0.4) is 0 Å². The minimum Gasteiger partial charge on any atom is -0.390 e. The lowest BCUT2D eigenvalue weighted by molar-refractivity contribution is -0.169. The quantitative estimate of drug-likeness (QED) is 0.338. The third-order valence-corrected chi connectivity index (χ3v) is 8.25. The second-order valence-electron chi connectivity index (χ2n) is 8.36. The lowest BCUT2D eigenvalue weighted by Gasteiger charge is -2.47. The van der Waals surface area contributed by atoms with Gasteiger partial charge >= 0.3 is 0 Å². The first kappa shape index (κ1) is 22.7. The molecule has 0 radical (unpaired) electrons. The summed E-state index contributed by atoms with van der Waals surface area (Å²) >= 11 is 0. The van der Waals surface area contributed by atoms with Gasteiger partial charge in [-0.05, 0) is 63.1 Å². The van der Waals surface area contributed by atoms with Crippen LogP contribution in [0.15, 0.2) is 37.0 Å². The smallest absolute Gasteiger partial charge is 0.137 e. The average Bonchev–Trinajstić information content (AvgIpc) is 3.26. The summed E-state index contributed by atoms with van der Waals surface area (Å²) in [6.45, 7) is 14.0. The molecular weight excluding hydrogens is 360 g/mol. The first-order valence-electron chi connectivity index (χ1n) is 9.82. The van der Waals surface area contributed by atoms with Crippen LogP contribution in [0.4, 0.5) is 0 Å². The summed E-state index contributed by atoms with van der Waals surface area (Å²) in [5, 5.41) is 22.4. The number of aliphatic hydroxyl groups is 2. The molecule has 2 fully saturated rings. The summed E-state index contributed by atoms with van der Waals surface area (Å²) in [5.41, 5.74) is -0.155. The highest BCUT2D eigenvalue weighted by atomic mass is 32.2. The number of allylic oxidation sites excluding steroid dienone is 1. The van der Waals surface area contributed by atoms with Gasteiger partial charge in [-0.2, -0.15) is 0 Å². The number of epoxide rings is 1. The monoisotopic (exact) mass is 397 g/mol. The van der Waals surface area contributed by atoms with Gasteiger partial charge in [0.2, 0.25) is 0 Å². The molecule has 1 aliphatic heterocycles. The van der Waals surface area contributed by atoms with Gasteiger partial charge in [0.15, 0.2) is 0 Å². The first-order chi connectivity index (χ1) is 12.7. The molecule has 2 aliphatic rings. The highest BCUT2D eigenvalue weighted by Gasteiger charge is 2.68. The second kappa shape index (κ2) is 9.27. The van der Waals surface area contributed by atoms with E-state index in [-0.39, 0.29) is 22.9 Å². The number of hydrogen-bond donors (Lipinski definition) is 2. The Hall–Kier alpha value is -0.590. The third kappa shape index (κ3) is 5.07. The molecule has 5 heteroatoms. The van der Waals surface area contributed by atoms with Crippen LogP contribution in [0.5, 0.6) is 0 Å². The van der Waals surface area contributed by atoms with Crippen LogP contribution in [0.25, 0.3) is 0 Å². The third-order valence-electron chi connectivity index (χ3n) is 5.93. The van der Waals surface area contributed by atoms with Crippen LogP contribution < -0.4 is 0 Å². The lowest BCUT2D eigenvalue weighted by atomic mass is 9.66. The van der Waals surface area contributed by atoms with Crippen molar-refractivity contribution < 1.29 is 19.7 Å². The molecule has 1 aliphatic carbocycles. The number of aliphatic hydroxyl groups excluding tert-OH is 1. The van der Waals surface area contributed by atoms with Crippen LogP contribution in [-0.4, -0.2) is 64.1 Å². The second-order valence-corrected chi connectivity index (χ2v) is 10.5. The van der Waals surface area contributed by atoms with E-state index in [0.29, 0.717) is 18.6 Å². The molecular formula is C22H37O4S+. The van der Waals surface area contributed by atoms with Crippen molar-refractivity contribution in [1.29, 1.82) is 0 Å². The Kier molecular flexibility index (Phi) is 7.79. The SMILES string of the molecule is C=CC[S+](CC=C)CC1(O)CCC(O)C(OC)C1C1(C)OC1CC=C(C)C. The molecule has 2 N–H and O–H groups in total. The van der Waals surface area contributed by atoms with E-state index < -0.39 is 23.4 Å². The molecule has 4 nitrogen and oxygen atoms in total. The fourth-order valence-corrected chi connectivity index (χ4v) is 6.67. The molecule has 0 aromatic heterocycles. The van der Waals surface area contributed by atoms with Crippen molar-refractivity contribution in [3.63, 3.8) is 0 Å². The number of methoxy groups -OCH3 is 1.